The van der Waals surface area contributed by atoms with Crippen LogP contribution in [0.1, 0.15) is 27.2 Å². The van der Waals surface area contributed by atoms with Crippen molar-refractivity contribution in [3.05, 3.63) is 6.33 Å². The third-order valence-electron chi connectivity index (χ3n) is 3.73. The molecule has 1 saturated heterocycles. The summed E-state index contributed by atoms with van der Waals surface area (Å²) in [7, 11) is 1.61. The third-order valence-corrected chi connectivity index (χ3v) is 3.73. The fourth-order valence-corrected chi connectivity index (χ4v) is 2.46. The van der Waals surface area contributed by atoms with E-state index in [9.17, 15) is 0 Å². The van der Waals surface area contributed by atoms with Crippen LogP contribution in [-0.2, 0) is 0 Å². The SMILES string of the molecule is COc1c(N)ncnc1N1CCC(C(C)(C)C)C1. The van der Waals surface area contributed by atoms with Gasteiger partial charge in [0.15, 0.2) is 11.6 Å². The number of nitrogens with two attached hydrogens (primary N) is 1. The fraction of sp³-hybridized carbons (Fsp3) is 0.692. The van der Waals surface area contributed by atoms with E-state index in [1.54, 1.807) is 7.11 Å². The number of methoxy groups -OCH3 is 1. The molecule has 18 heavy (non-hydrogen) atoms. The molecule has 2 rings (SSSR count). The summed E-state index contributed by atoms with van der Waals surface area (Å²) in [6.07, 6.45) is 2.67. The number of rotatable bonds is 2. The minimum Gasteiger partial charge on any atom is -0.490 e. The van der Waals surface area contributed by atoms with E-state index in [0.717, 1.165) is 18.9 Å². The summed E-state index contributed by atoms with van der Waals surface area (Å²) >= 11 is 0. The van der Waals surface area contributed by atoms with Crippen molar-refractivity contribution < 1.29 is 4.74 Å². The van der Waals surface area contributed by atoms with Crippen molar-refractivity contribution in [3.63, 3.8) is 0 Å². The highest BCUT2D eigenvalue weighted by Crippen LogP contribution is 2.38. The molecule has 1 aromatic rings. The van der Waals surface area contributed by atoms with Gasteiger partial charge in [-0.05, 0) is 17.8 Å². The Kier molecular flexibility index (Phi) is 3.32. The van der Waals surface area contributed by atoms with Gasteiger partial charge in [-0.3, -0.25) is 0 Å². The summed E-state index contributed by atoms with van der Waals surface area (Å²) in [5.74, 6) is 2.48. The molecule has 100 valence electrons. The van der Waals surface area contributed by atoms with Gasteiger partial charge in [0.1, 0.15) is 6.33 Å². The Labute approximate surface area is 108 Å². The lowest BCUT2D eigenvalue weighted by molar-refractivity contribution is 0.263. The molecule has 5 nitrogen and oxygen atoms in total. The highest BCUT2D eigenvalue weighted by atomic mass is 16.5. The van der Waals surface area contributed by atoms with E-state index in [-0.39, 0.29) is 0 Å². The van der Waals surface area contributed by atoms with Crippen molar-refractivity contribution in [3.8, 4) is 5.75 Å². The number of nitrogens with zero attached hydrogens (tertiary/aromatic N) is 3. The number of hydrogen-bond acceptors (Lipinski definition) is 5. The van der Waals surface area contributed by atoms with E-state index in [4.69, 9.17) is 10.5 Å². The first kappa shape index (κ1) is 12.9. The highest BCUT2D eigenvalue weighted by molar-refractivity contribution is 5.63. The minimum absolute atomic E-state index is 0.320. The van der Waals surface area contributed by atoms with Crippen LogP contribution in [0.15, 0.2) is 6.33 Å². The number of hydrogen-bond donors (Lipinski definition) is 1. The summed E-state index contributed by atoms with van der Waals surface area (Å²) in [6.45, 7) is 8.84. The van der Waals surface area contributed by atoms with E-state index in [1.165, 1.54) is 12.7 Å². The van der Waals surface area contributed by atoms with Crippen LogP contribution in [0.25, 0.3) is 0 Å². The first-order valence-electron chi connectivity index (χ1n) is 6.33. The maximum Gasteiger partial charge on any atom is 0.204 e. The fourth-order valence-electron chi connectivity index (χ4n) is 2.46. The topological polar surface area (TPSA) is 64.3 Å². The maximum absolute atomic E-state index is 5.82. The summed E-state index contributed by atoms with van der Waals surface area (Å²) in [4.78, 5) is 10.5. The molecule has 1 fully saturated rings. The number of nitrogen functional groups attached to an aromatic ring is 1. The summed E-state index contributed by atoms with van der Waals surface area (Å²) in [5, 5.41) is 0. The molecule has 2 heterocycles. The minimum atomic E-state index is 0.320. The van der Waals surface area contributed by atoms with Gasteiger partial charge in [-0.1, -0.05) is 20.8 Å². The lowest BCUT2D eigenvalue weighted by atomic mass is 9.80. The van der Waals surface area contributed by atoms with E-state index >= 15 is 0 Å². The van der Waals surface area contributed by atoms with Gasteiger partial charge >= 0.3 is 0 Å². The molecule has 0 bridgehead atoms. The largest absolute Gasteiger partial charge is 0.490 e. The van der Waals surface area contributed by atoms with Crippen LogP contribution in [-0.4, -0.2) is 30.2 Å². The molecule has 2 N–H and O–H groups in total. The quantitative estimate of drug-likeness (QED) is 0.869. The Bertz CT molecular complexity index is 427. The second-order valence-corrected chi connectivity index (χ2v) is 5.91. The Morgan fingerprint density at radius 2 is 2.11 bits per heavy atom. The molecule has 0 saturated carbocycles. The first-order valence-corrected chi connectivity index (χ1v) is 6.33. The number of anilines is 2. The number of ether oxygens (including phenoxy) is 1. The third kappa shape index (κ3) is 2.35. The van der Waals surface area contributed by atoms with E-state index < -0.39 is 0 Å². The standard InChI is InChI=1S/C13H22N4O/c1-13(2,3)9-5-6-17(7-9)12-10(18-4)11(14)15-8-16-12/h8-9H,5-7H2,1-4H3,(H2,14,15,16). The molecule has 1 aliphatic heterocycles. The average molecular weight is 250 g/mol. The van der Waals surface area contributed by atoms with Gasteiger partial charge in [0, 0.05) is 13.1 Å². The second-order valence-electron chi connectivity index (χ2n) is 5.91. The van der Waals surface area contributed by atoms with Gasteiger partial charge in [0.2, 0.25) is 5.75 Å². The van der Waals surface area contributed by atoms with Crippen molar-refractivity contribution in [1.82, 2.24) is 9.97 Å². The van der Waals surface area contributed by atoms with Crippen LogP contribution in [0, 0.1) is 11.3 Å². The van der Waals surface area contributed by atoms with Crippen molar-refractivity contribution in [2.75, 3.05) is 30.8 Å². The van der Waals surface area contributed by atoms with Gasteiger partial charge in [-0.2, -0.15) is 0 Å². The molecule has 1 aromatic heterocycles. The van der Waals surface area contributed by atoms with Crippen molar-refractivity contribution in [1.29, 1.82) is 0 Å². The Morgan fingerprint density at radius 1 is 1.39 bits per heavy atom. The molecular formula is C13H22N4O. The molecular weight excluding hydrogens is 228 g/mol. The Morgan fingerprint density at radius 3 is 2.67 bits per heavy atom. The Hall–Kier alpha value is -1.52. The molecule has 5 heteroatoms. The molecule has 1 unspecified atom stereocenters. The molecule has 0 aromatic carbocycles. The molecule has 1 aliphatic rings. The van der Waals surface area contributed by atoms with E-state index in [2.05, 4.69) is 35.6 Å². The van der Waals surface area contributed by atoms with Crippen LogP contribution >= 0.6 is 0 Å². The average Bonchev–Trinajstić information content (AvgIpc) is 2.77. The Balaban J connectivity index is 2.22. The maximum atomic E-state index is 5.82. The van der Waals surface area contributed by atoms with Crippen LogP contribution < -0.4 is 15.4 Å². The molecule has 1 atom stereocenters. The summed E-state index contributed by atoms with van der Waals surface area (Å²) in [6, 6.07) is 0. The smallest absolute Gasteiger partial charge is 0.204 e. The molecule has 0 amide bonds. The number of aromatic nitrogens is 2. The van der Waals surface area contributed by atoms with Crippen LogP contribution in [0.5, 0.6) is 5.75 Å². The van der Waals surface area contributed by atoms with Crippen molar-refractivity contribution in [2.24, 2.45) is 11.3 Å². The predicted octanol–water partition coefficient (Wildman–Crippen LogP) is 1.94. The van der Waals surface area contributed by atoms with Gasteiger partial charge < -0.3 is 15.4 Å². The zero-order chi connectivity index (χ0) is 13.3. The highest BCUT2D eigenvalue weighted by Gasteiger charge is 2.33. The zero-order valence-electron chi connectivity index (χ0n) is 11.6. The lowest BCUT2D eigenvalue weighted by Crippen LogP contribution is -2.26. The van der Waals surface area contributed by atoms with E-state index in [1.807, 2.05) is 0 Å². The molecule has 0 aliphatic carbocycles. The van der Waals surface area contributed by atoms with Crippen molar-refractivity contribution in [2.45, 2.75) is 27.2 Å². The van der Waals surface area contributed by atoms with Crippen molar-refractivity contribution >= 4 is 11.6 Å². The van der Waals surface area contributed by atoms with E-state index in [0.29, 0.717) is 22.9 Å². The lowest BCUT2D eigenvalue weighted by Gasteiger charge is -2.27. The van der Waals surface area contributed by atoms with Gasteiger partial charge in [-0.15, -0.1) is 0 Å². The monoisotopic (exact) mass is 250 g/mol. The predicted molar refractivity (Wildman–Crippen MR) is 72.8 cm³/mol. The van der Waals surface area contributed by atoms with Crippen LogP contribution in [0.2, 0.25) is 0 Å². The normalized spacial score (nSPS) is 20.2. The van der Waals surface area contributed by atoms with Crippen LogP contribution in [0.3, 0.4) is 0 Å². The van der Waals surface area contributed by atoms with Gasteiger partial charge in [-0.25, -0.2) is 9.97 Å². The summed E-state index contributed by atoms with van der Waals surface area (Å²) < 4.78 is 5.32. The first-order chi connectivity index (χ1) is 8.43. The van der Waals surface area contributed by atoms with Gasteiger partial charge in [0.05, 0.1) is 7.11 Å². The van der Waals surface area contributed by atoms with Crippen LogP contribution in [0.4, 0.5) is 11.6 Å². The second kappa shape index (κ2) is 4.63. The van der Waals surface area contributed by atoms with Gasteiger partial charge in [0.25, 0.3) is 0 Å². The summed E-state index contributed by atoms with van der Waals surface area (Å²) in [5.41, 5.74) is 6.14. The zero-order valence-corrected chi connectivity index (χ0v) is 11.6. The molecule has 0 spiro atoms. The molecule has 0 radical (unpaired) electrons.